The van der Waals surface area contributed by atoms with Crippen LogP contribution in [0.25, 0.3) is 10.8 Å². The molecule has 0 saturated carbocycles. The largest absolute Gasteiger partial charge is 0.325 e. The molecule has 0 atom stereocenters. The van der Waals surface area contributed by atoms with E-state index in [0.29, 0.717) is 22.5 Å². The number of nitro groups is 1. The van der Waals surface area contributed by atoms with Gasteiger partial charge in [-0.25, -0.2) is 0 Å². The minimum Gasteiger partial charge on any atom is -0.325 e. The van der Waals surface area contributed by atoms with Gasteiger partial charge in [0.1, 0.15) is 0 Å². The van der Waals surface area contributed by atoms with Crippen LogP contribution in [0.4, 0.5) is 17.1 Å². The van der Waals surface area contributed by atoms with Gasteiger partial charge in [0.2, 0.25) is 5.91 Å². The van der Waals surface area contributed by atoms with Crippen molar-refractivity contribution >= 4 is 51.4 Å². The second-order valence-corrected chi connectivity index (χ2v) is 8.69. The Kier molecular flexibility index (Phi) is 6.89. The molecule has 4 aromatic carbocycles. The molecular formula is C26H21N3O4S. The summed E-state index contributed by atoms with van der Waals surface area (Å²) in [6, 6.07) is 25.0. The predicted molar refractivity (Wildman–Crippen MR) is 136 cm³/mol. The number of aryl methyl sites for hydroxylation is 1. The van der Waals surface area contributed by atoms with Crippen molar-refractivity contribution < 1.29 is 14.5 Å². The number of benzene rings is 4. The number of carbonyl (C=O) groups is 2. The van der Waals surface area contributed by atoms with Crippen LogP contribution in [-0.4, -0.2) is 22.5 Å². The van der Waals surface area contributed by atoms with E-state index in [1.54, 1.807) is 19.1 Å². The van der Waals surface area contributed by atoms with Crippen molar-refractivity contribution in [3.8, 4) is 0 Å². The molecule has 0 fully saturated rings. The van der Waals surface area contributed by atoms with Gasteiger partial charge in [0.05, 0.1) is 10.7 Å². The Morgan fingerprint density at radius 1 is 0.882 bits per heavy atom. The van der Waals surface area contributed by atoms with Crippen molar-refractivity contribution in [3.63, 3.8) is 0 Å². The maximum atomic E-state index is 12.7. The fraction of sp³-hybridized carbons (Fsp3) is 0.0769. The molecule has 0 aliphatic rings. The molecule has 4 aromatic rings. The van der Waals surface area contributed by atoms with Gasteiger partial charge < -0.3 is 10.6 Å². The number of nitrogens with zero attached hydrogens (tertiary/aromatic N) is 1. The summed E-state index contributed by atoms with van der Waals surface area (Å²) in [6.07, 6.45) is 0. The van der Waals surface area contributed by atoms with Crippen LogP contribution in [0.2, 0.25) is 0 Å². The fourth-order valence-electron chi connectivity index (χ4n) is 3.43. The molecule has 0 saturated heterocycles. The summed E-state index contributed by atoms with van der Waals surface area (Å²) >= 11 is 1.33. The van der Waals surface area contributed by atoms with Gasteiger partial charge in [0.15, 0.2) is 0 Å². The zero-order chi connectivity index (χ0) is 24.1. The third-order valence-electron chi connectivity index (χ3n) is 5.17. The number of hydrogen-bond acceptors (Lipinski definition) is 5. The van der Waals surface area contributed by atoms with Gasteiger partial charge in [-0.15, -0.1) is 11.8 Å². The van der Waals surface area contributed by atoms with E-state index < -0.39 is 4.92 Å². The van der Waals surface area contributed by atoms with Crippen LogP contribution in [0.3, 0.4) is 0 Å². The zero-order valence-corrected chi connectivity index (χ0v) is 19.1. The molecule has 2 amide bonds. The lowest BCUT2D eigenvalue weighted by molar-refractivity contribution is -0.384. The standard InChI is InChI=1S/C26H21N3O4S/c1-17-13-22(29(32)33)11-12-24(17)28-25(30)16-34-23-8-4-7-21(15-23)27-26(31)20-10-9-18-5-2-3-6-19(18)14-20/h2-15H,16H2,1H3,(H,27,31)(H,28,30). The highest BCUT2D eigenvalue weighted by Crippen LogP contribution is 2.25. The highest BCUT2D eigenvalue weighted by Gasteiger charge is 2.11. The van der Waals surface area contributed by atoms with E-state index >= 15 is 0 Å². The first-order valence-corrected chi connectivity index (χ1v) is 11.5. The number of thioether (sulfide) groups is 1. The molecule has 0 aromatic heterocycles. The second-order valence-electron chi connectivity index (χ2n) is 7.64. The van der Waals surface area contributed by atoms with Crippen molar-refractivity contribution in [1.82, 2.24) is 0 Å². The van der Waals surface area contributed by atoms with Crippen LogP contribution in [0.15, 0.2) is 89.8 Å². The van der Waals surface area contributed by atoms with Gasteiger partial charge in [-0.05, 0) is 59.7 Å². The lowest BCUT2D eigenvalue weighted by Crippen LogP contribution is -2.15. The van der Waals surface area contributed by atoms with Crippen LogP contribution in [0.5, 0.6) is 0 Å². The molecule has 8 heteroatoms. The normalized spacial score (nSPS) is 10.6. The summed E-state index contributed by atoms with van der Waals surface area (Å²) < 4.78 is 0. The summed E-state index contributed by atoms with van der Waals surface area (Å²) in [7, 11) is 0. The molecule has 2 N–H and O–H groups in total. The van der Waals surface area contributed by atoms with Gasteiger partial charge in [0.25, 0.3) is 11.6 Å². The molecule has 170 valence electrons. The quantitative estimate of drug-likeness (QED) is 0.194. The highest BCUT2D eigenvalue weighted by molar-refractivity contribution is 8.00. The monoisotopic (exact) mass is 471 g/mol. The first-order valence-electron chi connectivity index (χ1n) is 10.5. The average Bonchev–Trinajstić information content (AvgIpc) is 2.84. The number of rotatable bonds is 7. The molecule has 4 rings (SSSR count). The topological polar surface area (TPSA) is 101 Å². The van der Waals surface area contributed by atoms with E-state index in [9.17, 15) is 19.7 Å². The molecule has 34 heavy (non-hydrogen) atoms. The van der Waals surface area contributed by atoms with Gasteiger partial charge in [-0.3, -0.25) is 19.7 Å². The summed E-state index contributed by atoms with van der Waals surface area (Å²) in [4.78, 5) is 36.3. The van der Waals surface area contributed by atoms with Gasteiger partial charge in [-0.2, -0.15) is 0 Å². The number of anilines is 2. The molecule has 0 unspecified atom stereocenters. The molecular weight excluding hydrogens is 450 g/mol. The van der Waals surface area contributed by atoms with Crippen LogP contribution in [0, 0.1) is 17.0 Å². The fourth-order valence-corrected chi connectivity index (χ4v) is 4.19. The first-order chi connectivity index (χ1) is 16.4. The molecule has 0 heterocycles. The van der Waals surface area contributed by atoms with Gasteiger partial charge in [0, 0.05) is 34.0 Å². The van der Waals surface area contributed by atoms with Crippen molar-refractivity contribution in [2.45, 2.75) is 11.8 Å². The van der Waals surface area contributed by atoms with Crippen molar-refractivity contribution in [3.05, 3.63) is 106 Å². The van der Waals surface area contributed by atoms with Crippen LogP contribution >= 0.6 is 11.8 Å². The SMILES string of the molecule is Cc1cc([N+](=O)[O-])ccc1NC(=O)CSc1cccc(NC(=O)c2ccc3ccccc3c2)c1. The smallest absolute Gasteiger partial charge is 0.269 e. The Morgan fingerprint density at radius 3 is 2.44 bits per heavy atom. The van der Waals surface area contributed by atoms with Gasteiger partial charge >= 0.3 is 0 Å². The second kappa shape index (κ2) is 10.2. The molecule has 0 aliphatic heterocycles. The number of hydrogen-bond donors (Lipinski definition) is 2. The summed E-state index contributed by atoms with van der Waals surface area (Å²) in [5.41, 5.74) is 2.33. The number of fused-ring (bicyclic) bond motifs is 1. The minimum absolute atomic E-state index is 0.0209. The highest BCUT2D eigenvalue weighted by atomic mass is 32.2. The third kappa shape index (κ3) is 5.60. The summed E-state index contributed by atoms with van der Waals surface area (Å²) in [5, 5.41) is 18.6. The van der Waals surface area contributed by atoms with E-state index in [4.69, 9.17) is 0 Å². The minimum atomic E-state index is -0.472. The predicted octanol–water partition coefficient (Wildman–Crippen LogP) is 6.04. The molecule has 0 aliphatic carbocycles. The first kappa shape index (κ1) is 23.0. The average molecular weight is 472 g/mol. The lowest BCUT2D eigenvalue weighted by atomic mass is 10.1. The van der Waals surface area contributed by atoms with Crippen molar-refractivity contribution in [2.75, 3.05) is 16.4 Å². The zero-order valence-electron chi connectivity index (χ0n) is 18.3. The lowest BCUT2D eigenvalue weighted by Gasteiger charge is -2.10. The Bertz CT molecular complexity index is 1400. The van der Waals surface area contributed by atoms with E-state index in [2.05, 4.69) is 10.6 Å². The van der Waals surface area contributed by atoms with E-state index in [1.165, 1.54) is 30.0 Å². The van der Waals surface area contributed by atoms with Crippen LogP contribution < -0.4 is 10.6 Å². The number of amides is 2. The summed E-state index contributed by atoms with van der Waals surface area (Å²) in [6.45, 7) is 1.71. The maximum absolute atomic E-state index is 12.7. The number of carbonyl (C=O) groups excluding carboxylic acids is 2. The number of non-ortho nitro benzene ring substituents is 1. The van der Waals surface area contributed by atoms with Gasteiger partial charge in [-0.1, -0.05) is 36.4 Å². The molecule has 0 spiro atoms. The van der Waals surface area contributed by atoms with E-state index in [1.807, 2.05) is 54.6 Å². The summed E-state index contributed by atoms with van der Waals surface area (Å²) in [5.74, 6) is -0.287. The molecule has 7 nitrogen and oxygen atoms in total. The Labute approximate surface area is 200 Å². The molecule has 0 bridgehead atoms. The Balaban J connectivity index is 1.36. The molecule has 0 radical (unpaired) electrons. The van der Waals surface area contributed by atoms with Crippen molar-refractivity contribution in [2.24, 2.45) is 0 Å². The van der Waals surface area contributed by atoms with E-state index in [0.717, 1.165) is 15.7 Å². The number of nitrogens with one attached hydrogen (secondary N) is 2. The van der Waals surface area contributed by atoms with E-state index in [-0.39, 0.29) is 23.3 Å². The van der Waals surface area contributed by atoms with Crippen LogP contribution in [0.1, 0.15) is 15.9 Å². The third-order valence-corrected chi connectivity index (χ3v) is 6.16. The Hall–Kier alpha value is -4.17. The van der Waals surface area contributed by atoms with Crippen LogP contribution in [-0.2, 0) is 4.79 Å². The maximum Gasteiger partial charge on any atom is 0.269 e. The number of nitro benzene ring substituents is 1. The van der Waals surface area contributed by atoms with Crippen molar-refractivity contribution in [1.29, 1.82) is 0 Å². The Morgan fingerprint density at radius 2 is 1.68 bits per heavy atom.